The monoisotopic (exact) mass is 290 g/mol. The molecule has 4 heteroatoms. The number of piperidine rings is 1. The molecule has 1 saturated heterocycles. The van der Waals surface area contributed by atoms with Crippen molar-refractivity contribution in [2.45, 2.75) is 31.6 Å². The van der Waals surface area contributed by atoms with E-state index in [9.17, 15) is 0 Å². The van der Waals surface area contributed by atoms with Crippen LogP contribution < -0.4 is 19.7 Å². The third-order valence-corrected chi connectivity index (χ3v) is 4.96. The molecule has 0 aromatic heterocycles. The molecule has 2 aliphatic rings. The molecule has 2 aliphatic heterocycles. The first-order chi connectivity index (χ1) is 10.2. The van der Waals surface area contributed by atoms with E-state index in [2.05, 4.69) is 29.3 Å². The van der Waals surface area contributed by atoms with Crippen LogP contribution in [0.4, 0.5) is 5.69 Å². The molecule has 0 bridgehead atoms. The molecular weight excluding hydrogens is 264 g/mol. The number of anilines is 1. The summed E-state index contributed by atoms with van der Waals surface area (Å²) >= 11 is 0. The Morgan fingerprint density at radius 2 is 1.81 bits per heavy atom. The van der Waals surface area contributed by atoms with E-state index in [4.69, 9.17) is 9.47 Å². The molecular formula is C17H26N2O2. The summed E-state index contributed by atoms with van der Waals surface area (Å²) in [5.41, 5.74) is 3.08. The normalized spacial score (nSPS) is 19.7. The Labute approximate surface area is 127 Å². The minimum atomic E-state index is 0.287. The molecule has 0 saturated carbocycles. The van der Waals surface area contributed by atoms with E-state index in [-0.39, 0.29) is 5.41 Å². The number of nitrogens with one attached hydrogen (secondary N) is 1. The Hall–Kier alpha value is -1.42. The molecule has 3 rings (SSSR count). The Bertz CT molecular complexity index is 510. The summed E-state index contributed by atoms with van der Waals surface area (Å²) in [4.78, 5) is 2.53. The number of methoxy groups -OCH3 is 2. The van der Waals surface area contributed by atoms with E-state index < -0.39 is 0 Å². The van der Waals surface area contributed by atoms with Crippen LogP contribution in [-0.2, 0) is 5.41 Å². The minimum absolute atomic E-state index is 0.287. The van der Waals surface area contributed by atoms with E-state index in [0.29, 0.717) is 0 Å². The predicted octanol–water partition coefficient (Wildman–Crippen LogP) is 2.56. The maximum absolute atomic E-state index is 5.53. The highest BCUT2D eigenvalue weighted by atomic mass is 16.5. The zero-order chi connectivity index (χ0) is 14.9. The average Bonchev–Trinajstić information content (AvgIpc) is 2.80. The molecule has 2 heterocycles. The summed E-state index contributed by atoms with van der Waals surface area (Å²) in [5.74, 6) is 1.69. The summed E-state index contributed by atoms with van der Waals surface area (Å²) in [6, 6.07) is 4.38. The topological polar surface area (TPSA) is 33.7 Å². The second kappa shape index (κ2) is 5.76. The Kier molecular flexibility index (Phi) is 3.98. The van der Waals surface area contributed by atoms with Crippen LogP contribution in [0, 0.1) is 0 Å². The van der Waals surface area contributed by atoms with Gasteiger partial charge in [-0.1, -0.05) is 6.92 Å². The van der Waals surface area contributed by atoms with Gasteiger partial charge in [0.25, 0.3) is 0 Å². The second-order valence-electron chi connectivity index (χ2n) is 6.18. The first-order valence-corrected chi connectivity index (χ1v) is 7.96. The molecule has 1 aromatic carbocycles. The van der Waals surface area contributed by atoms with Gasteiger partial charge in [0.1, 0.15) is 0 Å². The highest BCUT2D eigenvalue weighted by Gasteiger charge is 2.43. The Morgan fingerprint density at radius 3 is 2.43 bits per heavy atom. The first-order valence-electron chi connectivity index (χ1n) is 7.96. The van der Waals surface area contributed by atoms with Crippen molar-refractivity contribution in [2.24, 2.45) is 0 Å². The highest BCUT2D eigenvalue weighted by molar-refractivity contribution is 5.68. The highest BCUT2D eigenvalue weighted by Crippen LogP contribution is 2.49. The van der Waals surface area contributed by atoms with Gasteiger partial charge in [0, 0.05) is 30.3 Å². The molecule has 1 aromatic rings. The fourth-order valence-electron chi connectivity index (χ4n) is 3.89. The molecule has 1 fully saturated rings. The molecule has 0 radical (unpaired) electrons. The third kappa shape index (κ3) is 2.35. The van der Waals surface area contributed by atoms with Crippen LogP contribution in [0.15, 0.2) is 12.1 Å². The van der Waals surface area contributed by atoms with Crippen LogP contribution in [0.25, 0.3) is 0 Å². The van der Waals surface area contributed by atoms with Crippen molar-refractivity contribution >= 4 is 5.69 Å². The fourth-order valence-corrected chi connectivity index (χ4v) is 3.89. The van der Waals surface area contributed by atoms with Gasteiger partial charge < -0.3 is 19.7 Å². The number of fused-ring (bicyclic) bond motifs is 2. The molecule has 1 spiro atoms. The minimum Gasteiger partial charge on any atom is -0.493 e. The summed E-state index contributed by atoms with van der Waals surface area (Å²) in [6.45, 7) is 6.70. The van der Waals surface area contributed by atoms with Crippen molar-refractivity contribution in [2.75, 3.05) is 45.3 Å². The third-order valence-electron chi connectivity index (χ3n) is 4.96. The van der Waals surface area contributed by atoms with Crippen molar-refractivity contribution < 1.29 is 9.47 Å². The maximum Gasteiger partial charge on any atom is 0.162 e. The summed E-state index contributed by atoms with van der Waals surface area (Å²) in [6.07, 6.45) is 3.58. The SMILES string of the molecule is CCCN1CC2(CCNCC2)c2cc(OC)c(OC)cc21. The van der Waals surface area contributed by atoms with Crippen LogP contribution in [-0.4, -0.2) is 40.4 Å². The first kappa shape index (κ1) is 14.5. The van der Waals surface area contributed by atoms with Crippen LogP contribution in [0.2, 0.25) is 0 Å². The maximum atomic E-state index is 5.53. The van der Waals surface area contributed by atoms with E-state index in [0.717, 1.165) is 37.7 Å². The molecule has 0 aliphatic carbocycles. The number of ether oxygens (including phenoxy) is 2. The van der Waals surface area contributed by atoms with Gasteiger partial charge >= 0.3 is 0 Å². The van der Waals surface area contributed by atoms with Crippen molar-refractivity contribution in [3.8, 4) is 11.5 Å². The van der Waals surface area contributed by atoms with E-state index in [1.807, 2.05) is 0 Å². The smallest absolute Gasteiger partial charge is 0.162 e. The molecule has 0 amide bonds. The standard InChI is InChI=1S/C17H26N2O2/c1-4-9-19-12-17(5-7-18-8-6-17)13-10-15(20-2)16(21-3)11-14(13)19/h10-11,18H,4-9,12H2,1-3H3. The molecule has 21 heavy (non-hydrogen) atoms. The molecule has 4 nitrogen and oxygen atoms in total. The Balaban J connectivity index is 2.07. The van der Waals surface area contributed by atoms with Gasteiger partial charge in [-0.05, 0) is 44.0 Å². The van der Waals surface area contributed by atoms with Crippen molar-refractivity contribution in [3.05, 3.63) is 17.7 Å². The number of hydrogen-bond donors (Lipinski definition) is 1. The molecule has 1 N–H and O–H groups in total. The quantitative estimate of drug-likeness (QED) is 0.924. The summed E-state index contributed by atoms with van der Waals surface area (Å²) < 4.78 is 11.0. The molecule has 116 valence electrons. The molecule has 0 unspecified atom stereocenters. The number of nitrogens with zero attached hydrogens (tertiary/aromatic N) is 1. The Morgan fingerprint density at radius 1 is 1.14 bits per heavy atom. The van der Waals surface area contributed by atoms with Crippen LogP contribution in [0.1, 0.15) is 31.7 Å². The van der Waals surface area contributed by atoms with E-state index in [1.165, 1.54) is 30.5 Å². The largest absolute Gasteiger partial charge is 0.493 e. The van der Waals surface area contributed by atoms with Crippen molar-refractivity contribution in [3.63, 3.8) is 0 Å². The van der Waals surface area contributed by atoms with Gasteiger partial charge in [-0.15, -0.1) is 0 Å². The summed E-state index contributed by atoms with van der Waals surface area (Å²) in [7, 11) is 3.43. The lowest BCUT2D eigenvalue weighted by Gasteiger charge is -2.35. The van der Waals surface area contributed by atoms with Gasteiger partial charge in [0.2, 0.25) is 0 Å². The van der Waals surface area contributed by atoms with Crippen LogP contribution in [0.5, 0.6) is 11.5 Å². The zero-order valence-corrected chi connectivity index (χ0v) is 13.4. The lowest BCUT2D eigenvalue weighted by atomic mass is 9.74. The van der Waals surface area contributed by atoms with E-state index in [1.54, 1.807) is 14.2 Å². The van der Waals surface area contributed by atoms with Gasteiger partial charge in [-0.3, -0.25) is 0 Å². The fraction of sp³-hybridized carbons (Fsp3) is 0.647. The second-order valence-corrected chi connectivity index (χ2v) is 6.18. The average molecular weight is 290 g/mol. The van der Waals surface area contributed by atoms with Crippen molar-refractivity contribution in [1.29, 1.82) is 0 Å². The number of rotatable bonds is 4. The lowest BCUT2D eigenvalue weighted by molar-refractivity contribution is 0.322. The number of hydrogen-bond acceptors (Lipinski definition) is 4. The van der Waals surface area contributed by atoms with Gasteiger partial charge in [0.15, 0.2) is 11.5 Å². The summed E-state index contributed by atoms with van der Waals surface area (Å²) in [5, 5.41) is 3.49. The van der Waals surface area contributed by atoms with Crippen LogP contribution in [0.3, 0.4) is 0 Å². The van der Waals surface area contributed by atoms with Crippen molar-refractivity contribution in [1.82, 2.24) is 5.32 Å². The van der Waals surface area contributed by atoms with Crippen LogP contribution >= 0.6 is 0 Å². The van der Waals surface area contributed by atoms with Gasteiger partial charge in [-0.25, -0.2) is 0 Å². The van der Waals surface area contributed by atoms with E-state index >= 15 is 0 Å². The zero-order valence-electron chi connectivity index (χ0n) is 13.4. The lowest BCUT2D eigenvalue weighted by Crippen LogP contribution is -2.43. The van der Waals surface area contributed by atoms with Gasteiger partial charge in [0.05, 0.1) is 14.2 Å². The number of benzene rings is 1. The molecule has 0 atom stereocenters. The predicted molar refractivity (Wildman–Crippen MR) is 85.8 cm³/mol. The van der Waals surface area contributed by atoms with Gasteiger partial charge in [-0.2, -0.15) is 0 Å².